The molecule has 0 N–H and O–H groups in total. The van der Waals surface area contributed by atoms with Crippen LogP contribution in [-0.2, 0) is 16.6 Å². The summed E-state index contributed by atoms with van der Waals surface area (Å²) in [7, 11) is -3.54. The Labute approximate surface area is 193 Å². The molecule has 0 saturated carbocycles. The van der Waals surface area contributed by atoms with Crippen molar-refractivity contribution in [2.75, 3.05) is 26.2 Å². The van der Waals surface area contributed by atoms with Gasteiger partial charge in [0.05, 0.1) is 22.2 Å². The lowest BCUT2D eigenvalue weighted by Crippen LogP contribution is -2.48. The minimum absolute atomic E-state index is 0.234. The van der Waals surface area contributed by atoms with Gasteiger partial charge in [-0.05, 0) is 35.7 Å². The summed E-state index contributed by atoms with van der Waals surface area (Å²) in [4.78, 5) is 7.27. The quantitative estimate of drug-likeness (QED) is 0.541. The second-order valence-corrected chi connectivity index (χ2v) is 11.0. The number of nitriles is 1. The van der Waals surface area contributed by atoms with Crippen molar-refractivity contribution in [3.63, 3.8) is 0 Å². The second-order valence-electron chi connectivity index (χ2n) is 8.24. The van der Waals surface area contributed by atoms with E-state index in [1.807, 2.05) is 6.07 Å². The fraction of sp³-hybridized carbons (Fsp3) is 0.333. The van der Waals surface area contributed by atoms with Crippen LogP contribution < -0.4 is 0 Å². The van der Waals surface area contributed by atoms with Crippen LogP contribution >= 0.6 is 11.3 Å². The van der Waals surface area contributed by atoms with Gasteiger partial charge in [0.25, 0.3) is 0 Å². The molecule has 1 aliphatic rings. The molecule has 2 heterocycles. The summed E-state index contributed by atoms with van der Waals surface area (Å²) in [5.41, 5.74) is 3.91. The molecule has 166 valence electrons. The number of hydrogen-bond donors (Lipinski definition) is 0. The van der Waals surface area contributed by atoms with E-state index in [1.165, 1.54) is 22.0 Å². The standard InChI is InChI=1S/C24H26N4O2S2/c1-18(2)20-5-7-21(8-6-20)24-26-22(17-31-24)16-27-11-13-28(14-12-27)32(29,30)23-9-3-19(15-25)4-10-23/h3-10,17-18H,11-14,16H2,1-2H3. The number of sulfonamides is 1. The highest BCUT2D eigenvalue weighted by atomic mass is 32.2. The van der Waals surface area contributed by atoms with Gasteiger partial charge < -0.3 is 0 Å². The number of aromatic nitrogens is 1. The average Bonchev–Trinajstić information content (AvgIpc) is 3.28. The van der Waals surface area contributed by atoms with Crippen molar-refractivity contribution in [3.05, 3.63) is 70.7 Å². The third-order valence-corrected chi connectivity index (χ3v) is 8.57. The summed E-state index contributed by atoms with van der Waals surface area (Å²) in [5, 5.41) is 12.0. The fourth-order valence-corrected chi connectivity index (χ4v) is 5.97. The number of benzene rings is 2. The SMILES string of the molecule is CC(C)c1ccc(-c2nc(CN3CCN(S(=O)(=O)c4ccc(C#N)cc4)CC3)cs2)cc1. The van der Waals surface area contributed by atoms with E-state index < -0.39 is 10.0 Å². The van der Waals surface area contributed by atoms with Gasteiger partial charge in [0, 0.05) is 43.7 Å². The first-order chi connectivity index (χ1) is 15.4. The van der Waals surface area contributed by atoms with Gasteiger partial charge in [-0.25, -0.2) is 13.4 Å². The molecule has 6 nitrogen and oxygen atoms in total. The van der Waals surface area contributed by atoms with E-state index >= 15 is 0 Å². The lowest BCUT2D eigenvalue weighted by atomic mass is 10.0. The predicted octanol–water partition coefficient (Wildman–Crippen LogP) is 4.31. The largest absolute Gasteiger partial charge is 0.295 e. The summed E-state index contributed by atoms with van der Waals surface area (Å²) in [5.74, 6) is 0.510. The van der Waals surface area contributed by atoms with Crippen LogP contribution in [0.15, 0.2) is 58.8 Å². The molecule has 1 fully saturated rings. The molecule has 0 atom stereocenters. The van der Waals surface area contributed by atoms with Gasteiger partial charge in [-0.3, -0.25) is 4.90 Å². The van der Waals surface area contributed by atoms with E-state index in [9.17, 15) is 8.42 Å². The third kappa shape index (κ3) is 4.92. The first kappa shape index (κ1) is 22.6. The van der Waals surface area contributed by atoms with E-state index in [1.54, 1.807) is 23.5 Å². The molecule has 1 saturated heterocycles. The molecule has 0 amide bonds. The Morgan fingerprint density at radius 2 is 1.69 bits per heavy atom. The first-order valence-electron chi connectivity index (χ1n) is 10.6. The number of hydrogen-bond acceptors (Lipinski definition) is 6. The molecule has 4 rings (SSSR count). The van der Waals surface area contributed by atoms with Crippen LogP contribution in [0.4, 0.5) is 0 Å². The summed E-state index contributed by atoms with van der Waals surface area (Å²) in [6, 6.07) is 16.7. The second kappa shape index (κ2) is 9.51. The molecule has 8 heteroatoms. The highest BCUT2D eigenvalue weighted by molar-refractivity contribution is 7.89. The summed E-state index contributed by atoms with van der Waals surface area (Å²) in [6.45, 7) is 7.28. The molecule has 32 heavy (non-hydrogen) atoms. The topological polar surface area (TPSA) is 77.3 Å². The van der Waals surface area contributed by atoms with E-state index in [0.29, 0.717) is 44.2 Å². The fourth-order valence-electron chi connectivity index (χ4n) is 3.73. The maximum Gasteiger partial charge on any atom is 0.243 e. The van der Waals surface area contributed by atoms with Crippen LogP contribution in [0, 0.1) is 11.3 Å². The predicted molar refractivity (Wildman–Crippen MR) is 127 cm³/mol. The summed E-state index contributed by atoms with van der Waals surface area (Å²) < 4.78 is 27.3. The van der Waals surface area contributed by atoms with Crippen LogP contribution in [0.1, 0.15) is 36.6 Å². The molecular weight excluding hydrogens is 440 g/mol. The Kier molecular flexibility index (Phi) is 6.72. The molecule has 0 radical (unpaired) electrons. The molecule has 3 aromatic rings. The normalized spacial score (nSPS) is 15.7. The number of piperazine rings is 1. The highest BCUT2D eigenvalue weighted by Gasteiger charge is 2.28. The van der Waals surface area contributed by atoms with E-state index in [4.69, 9.17) is 10.2 Å². The van der Waals surface area contributed by atoms with Crippen molar-refractivity contribution >= 4 is 21.4 Å². The average molecular weight is 467 g/mol. The number of thiazole rings is 1. The first-order valence-corrected chi connectivity index (χ1v) is 13.0. The van der Waals surface area contributed by atoms with Crippen LogP contribution in [0.25, 0.3) is 10.6 Å². The van der Waals surface area contributed by atoms with Gasteiger partial charge in [0.2, 0.25) is 10.0 Å². The Bertz CT molecular complexity index is 1200. The van der Waals surface area contributed by atoms with E-state index in [0.717, 1.165) is 16.3 Å². The Morgan fingerprint density at radius 1 is 1.03 bits per heavy atom. The molecule has 0 unspecified atom stereocenters. The maximum absolute atomic E-state index is 12.9. The lowest BCUT2D eigenvalue weighted by molar-refractivity contribution is 0.180. The summed E-state index contributed by atoms with van der Waals surface area (Å²) in [6.07, 6.45) is 0. The van der Waals surface area contributed by atoms with Crippen LogP contribution in [0.2, 0.25) is 0 Å². The Hall–Kier alpha value is -2.57. The van der Waals surface area contributed by atoms with E-state index in [2.05, 4.69) is 48.4 Å². The molecule has 1 aromatic heterocycles. The lowest BCUT2D eigenvalue weighted by Gasteiger charge is -2.33. The minimum atomic E-state index is -3.54. The van der Waals surface area contributed by atoms with Crippen LogP contribution in [0.5, 0.6) is 0 Å². The minimum Gasteiger partial charge on any atom is -0.295 e. The molecule has 0 aliphatic carbocycles. The van der Waals surface area contributed by atoms with Gasteiger partial charge in [-0.1, -0.05) is 38.1 Å². The van der Waals surface area contributed by atoms with Crippen molar-refractivity contribution in [3.8, 4) is 16.6 Å². The Morgan fingerprint density at radius 3 is 2.28 bits per heavy atom. The van der Waals surface area contributed by atoms with Gasteiger partial charge in [0.15, 0.2) is 0 Å². The zero-order chi connectivity index (χ0) is 22.7. The smallest absolute Gasteiger partial charge is 0.243 e. The van der Waals surface area contributed by atoms with Gasteiger partial charge in [-0.2, -0.15) is 9.57 Å². The molecule has 0 bridgehead atoms. The van der Waals surface area contributed by atoms with Crippen molar-refractivity contribution < 1.29 is 8.42 Å². The van der Waals surface area contributed by atoms with Gasteiger partial charge >= 0.3 is 0 Å². The van der Waals surface area contributed by atoms with Crippen molar-refractivity contribution in [1.29, 1.82) is 5.26 Å². The van der Waals surface area contributed by atoms with Crippen molar-refractivity contribution in [1.82, 2.24) is 14.2 Å². The molecule has 1 aliphatic heterocycles. The monoisotopic (exact) mass is 466 g/mol. The summed E-state index contributed by atoms with van der Waals surface area (Å²) >= 11 is 1.64. The van der Waals surface area contributed by atoms with Crippen LogP contribution in [0.3, 0.4) is 0 Å². The zero-order valence-electron chi connectivity index (χ0n) is 18.2. The zero-order valence-corrected chi connectivity index (χ0v) is 19.9. The van der Waals surface area contributed by atoms with Gasteiger partial charge in [0.1, 0.15) is 5.01 Å². The van der Waals surface area contributed by atoms with Crippen molar-refractivity contribution in [2.24, 2.45) is 0 Å². The third-order valence-electron chi connectivity index (χ3n) is 5.71. The molecule has 2 aromatic carbocycles. The molecule has 0 spiro atoms. The van der Waals surface area contributed by atoms with Crippen LogP contribution in [-0.4, -0.2) is 48.8 Å². The van der Waals surface area contributed by atoms with Crippen molar-refractivity contribution in [2.45, 2.75) is 31.2 Å². The number of nitrogens with zero attached hydrogens (tertiary/aromatic N) is 4. The van der Waals surface area contributed by atoms with Gasteiger partial charge in [-0.15, -0.1) is 11.3 Å². The molecular formula is C24H26N4O2S2. The van der Waals surface area contributed by atoms with E-state index in [-0.39, 0.29) is 4.90 Å². The maximum atomic E-state index is 12.9. The Balaban J connectivity index is 1.35. The highest BCUT2D eigenvalue weighted by Crippen LogP contribution is 2.26. The number of rotatable bonds is 6.